The maximum absolute atomic E-state index is 10.8. The van der Waals surface area contributed by atoms with Gasteiger partial charge in [0, 0.05) is 31.8 Å². The molecular formula is C12H15NO3. The van der Waals surface area contributed by atoms with Gasteiger partial charge < -0.3 is 14.4 Å². The van der Waals surface area contributed by atoms with Gasteiger partial charge in [0.2, 0.25) is 0 Å². The van der Waals surface area contributed by atoms with Crippen molar-refractivity contribution in [3.8, 4) is 5.75 Å². The highest BCUT2D eigenvalue weighted by Gasteiger charge is 2.11. The van der Waals surface area contributed by atoms with E-state index < -0.39 is 0 Å². The lowest BCUT2D eigenvalue weighted by Gasteiger charge is -2.28. The summed E-state index contributed by atoms with van der Waals surface area (Å²) in [7, 11) is 0. The number of hydrogen-bond acceptors (Lipinski definition) is 4. The molecule has 2 rings (SSSR count). The molecule has 0 radical (unpaired) electrons. The third kappa shape index (κ3) is 2.73. The smallest absolute Gasteiger partial charge is 0.308 e. The summed E-state index contributed by atoms with van der Waals surface area (Å²) < 4.78 is 10.3. The Labute approximate surface area is 94.8 Å². The van der Waals surface area contributed by atoms with Gasteiger partial charge in [-0.3, -0.25) is 4.79 Å². The van der Waals surface area contributed by atoms with Crippen LogP contribution in [0, 0.1) is 0 Å². The summed E-state index contributed by atoms with van der Waals surface area (Å²) in [6.07, 6.45) is 0. The molecule has 1 heterocycles. The third-order valence-corrected chi connectivity index (χ3v) is 2.46. The van der Waals surface area contributed by atoms with Crippen molar-refractivity contribution in [2.45, 2.75) is 6.92 Å². The molecule has 1 aromatic rings. The SMILES string of the molecule is CC(=O)Oc1cccc(N2CCOCC2)c1. The molecule has 1 saturated heterocycles. The highest BCUT2D eigenvalue weighted by Crippen LogP contribution is 2.21. The molecule has 4 heteroatoms. The van der Waals surface area contributed by atoms with Crippen molar-refractivity contribution in [3.05, 3.63) is 24.3 Å². The van der Waals surface area contributed by atoms with Crippen molar-refractivity contribution in [2.24, 2.45) is 0 Å². The summed E-state index contributed by atoms with van der Waals surface area (Å²) >= 11 is 0. The maximum atomic E-state index is 10.8. The van der Waals surface area contributed by atoms with E-state index in [1.54, 1.807) is 6.07 Å². The number of anilines is 1. The van der Waals surface area contributed by atoms with Crippen molar-refractivity contribution >= 4 is 11.7 Å². The van der Waals surface area contributed by atoms with Crippen LogP contribution < -0.4 is 9.64 Å². The van der Waals surface area contributed by atoms with Crippen LogP contribution in [0.1, 0.15) is 6.92 Å². The lowest BCUT2D eigenvalue weighted by Crippen LogP contribution is -2.36. The van der Waals surface area contributed by atoms with Crippen molar-refractivity contribution in [1.29, 1.82) is 0 Å². The first-order chi connectivity index (χ1) is 7.75. The van der Waals surface area contributed by atoms with E-state index in [0.29, 0.717) is 5.75 Å². The first kappa shape index (κ1) is 11.0. The van der Waals surface area contributed by atoms with Crippen LogP contribution >= 0.6 is 0 Å². The fourth-order valence-corrected chi connectivity index (χ4v) is 1.73. The van der Waals surface area contributed by atoms with E-state index >= 15 is 0 Å². The average molecular weight is 221 g/mol. The van der Waals surface area contributed by atoms with Crippen molar-refractivity contribution in [3.63, 3.8) is 0 Å². The second kappa shape index (κ2) is 4.99. The first-order valence-corrected chi connectivity index (χ1v) is 5.37. The number of ether oxygens (including phenoxy) is 2. The molecular weight excluding hydrogens is 206 g/mol. The van der Waals surface area contributed by atoms with Crippen LogP contribution in [0.25, 0.3) is 0 Å². The first-order valence-electron chi connectivity index (χ1n) is 5.37. The van der Waals surface area contributed by atoms with E-state index in [2.05, 4.69) is 4.90 Å². The average Bonchev–Trinajstić information content (AvgIpc) is 2.30. The van der Waals surface area contributed by atoms with Crippen molar-refractivity contribution in [1.82, 2.24) is 0 Å². The fraction of sp³-hybridized carbons (Fsp3) is 0.417. The van der Waals surface area contributed by atoms with E-state index in [-0.39, 0.29) is 5.97 Å². The predicted molar refractivity (Wildman–Crippen MR) is 60.8 cm³/mol. The number of rotatable bonds is 2. The molecule has 4 nitrogen and oxygen atoms in total. The highest BCUT2D eigenvalue weighted by atomic mass is 16.5. The number of hydrogen-bond donors (Lipinski definition) is 0. The Hall–Kier alpha value is -1.55. The highest BCUT2D eigenvalue weighted by molar-refractivity contribution is 5.70. The lowest BCUT2D eigenvalue weighted by molar-refractivity contribution is -0.131. The van der Waals surface area contributed by atoms with Gasteiger partial charge in [0.15, 0.2) is 0 Å². The van der Waals surface area contributed by atoms with Crippen LogP contribution in [-0.4, -0.2) is 32.3 Å². The number of esters is 1. The lowest BCUT2D eigenvalue weighted by atomic mass is 10.2. The summed E-state index contributed by atoms with van der Waals surface area (Å²) in [5.74, 6) is 0.301. The Bertz CT molecular complexity index is 372. The molecule has 1 fully saturated rings. The molecule has 0 aliphatic carbocycles. The number of morpholine rings is 1. The van der Waals surface area contributed by atoms with Gasteiger partial charge in [0.05, 0.1) is 13.2 Å². The van der Waals surface area contributed by atoms with E-state index in [1.807, 2.05) is 18.2 Å². The topological polar surface area (TPSA) is 38.8 Å². The van der Waals surface area contributed by atoms with Crippen LogP contribution in [0.5, 0.6) is 5.75 Å². The Morgan fingerprint density at radius 1 is 1.38 bits per heavy atom. The zero-order chi connectivity index (χ0) is 11.4. The van der Waals surface area contributed by atoms with E-state index in [9.17, 15) is 4.79 Å². The Balaban J connectivity index is 2.11. The van der Waals surface area contributed by atoms with Crippen molar-refractivity contribution in [2.75, 3.05) is 31.2 Å². The van der Waals surface area contributed by atoms with Gasteiger partial charge in [-0.25, -0.2) is 0 Å². The molecule has 0 saturated carbocycles. The molecule has 86 valence electrons. The van der Waals surface area contributed by atoms with E-state index in [4.69, 9.17) is 9.47 Å². The molecule has 0 bridgehead atoms. The van der Waals surface area contributed by atoms with Gasteiger partial charge in [-0.15, -0.1) is 0 Å². The minimum atomic E-state index is -0.292. The zero-order valence-corrected chi connectivity index (χ0v) is 9.31. The molecule has 0 unspecified atom stereocenters. The minimum Gasteiger partial charge on any atom is -0.427 e. The Morgan fingerprint density at radius 3 is 2.81 bits per heavy atom. The zero-order valence-electron chi connectivity index (χ0n) is 9.31. The minimum absolute atomic E-state index is 0.292. The number of carbonyl (C=O) groups is 1. The molecule has 0 amide bonds. The van der Waals surface area contributed by atoms with Crippen LogP contribution in [-0.2, 0) is 9.53 Å². The second-order valence-corrected chi connectivity index (χ2v) is 3.69. The molecule has 1 aliphatic rings. The largest absolute Gasteiger partial charge is 0.427 e. The van der Waals surface area contributed by atoms with Gasteiger partial charge in [0.25, 0.3) is 0 Å². The Morgan fingerprint density at radius 2 is 2.12 bits per heavy atom. The summed E-state index contributed by atoms with van der Waals surface area (Å²) in [4.78, 5) is 13.1. The van der Waals surface area contributed by atoms with Gasteiger partial charge in [-0.1, -0.05) is 6.07 Å². The fourth-order valence-electron chi connectivity index (χ4n) is 1.73. The maximum Gasteiger partial charge on any atom is 0.308 e. The molecule has 16 heavy (non-hydrogen) atoms. The summed E-state index contributed by atoms with van der Waals surface area (Å²) in [5.41, 5.74) is 1.07. The van der Waals surface area contributed by atoms with Gasteiger partial charge in [-0.05, 0) is 12.1 Å². The molecule has 0 spiro atoms. The van der Waals surface area contributed by atoms with Crippen LogP contribution in [0.15, 0.2) is 24.3 Å². The quantitative estimate of drug-likeness (QED) is 0.559. The molecule has 0 aromatic heterocycles. The van der Waals surface area contributed by atoms with Crippen LogP contribution in [0.2, 0.25) is 0 Å². The summed E-state index contributed by atoms with van der Waals surface area (Å²) in [6, 6.07) is 7.57. The number of benzene rings is 1. The monoisotopic (exact) mass is 221 g/mol. The summed E-state index contributed by atoms with van der Waals surface area (Å²) in [6.45, 7) is 4.66. The van der Waals surface area contributed by atoms with Gasteiger partial charge in [-0.2, -0.15) is 0 Å². The second-order valence-electron chi connectivity index (χ2n) is 3.69. The van der Waals surface area contributed by atoms with Gasteiger partial charge >= 0.3 is 5.97 Å². The number of carbonyl (C=O) groups excluding carboxylic acids is 1. The Kier molecular flexibility index (Phi) is 3.41. The molecule has 1 aliphatic heterocycles. The van der Waals surface area contributed by atoms with Crippen LogP contribution in [0.3, 0.4) is 0 Å². The predicted octanol–water partition coefficient (Wildman–Crippen LogP) is 1.45. The normalized spacial score (nSPS) is 15.9. The summed E-state index contributed by atoms with van der Waals surface area (Å²) in [5, 5.41) is 0. The van der Waals surface area contributed by atoms with Crippen molar-refractivity contribution < 1.29 is 14.3 Å². The van der Waals surface area contributed by atoms with E-state index in [0.717, 1.165) is 32.0 Å². The third-order valence-electron chi connectivity index (χ3n) is 2.46. The van der Waals surface area contributed by atoms with Crippen LogP contribution in [0.4, 0.5) is 5.69 Å². The molecule has 0 atom stereocenters. The molecule has 0 N–H and O–H groups in total. The van der Waals surface area contributed by atoms with E-state index in [1.165, 1.54) is 6.92 Å². The standard InChI is InChI=1S/C12H15NO3/c1-10(14)16-12-4-2-3-11(9-12)13-5-7-15-8-6-13/h2-4,9H,5-8H2,1H3. The number of nitrogens with zero attached hydrogens (tertiary/aromatic N) is 1. The molecule has 1 aromatic carbocycles. The van der Waals surface area contributed by atoms with Gasteiger partial charge in [0.1, 0.15) is 5.75 Å².